The van der Waals surface area contributed by atoms with Gasteiger partial charge in [0.1, 0.15) is 12.1 Å². The Morgan fingerprint density at radius 3 is 2.80 bits per heavy atom. The first-order valence-electron chi connectivity index (χ1n) is 7.52. The topological polar surface area (TPSA) is 73.0 Å². The van der Waals surface area contributed by atoms with Crippen LogP contribution in [0.4, 0.5) is 0 Å². The quantitative estimate of drug-likeness (QED) is 0.506. The molecule has 2 heterocycles. The van der Waals surface area contributed by atoms with Crippen LogP contribution in [0.5, 0.6) is 5.75 Å². The maximum absolute atomic E-state index is 5.48. The summed E-state index contributed by atoms with van der Waals surface area (Å²) < 4.78 is 10.4. The molecular formula is C16H17BrN6OS. The lowest BCUT2D eigenvalue weighted by atomic mass is 10.1. The van der Waals surface area contributed by atoms with E-state index < -0.39 is 0 Å². The van der Waals surface area contributed by atoms with E-state index in [9.17, 15) is 0 Å². The summed E-state index contributed by atoms with van der Waals surface area (Å²) in [6.07, 6.45) is 3.25. The van der Waals surface area contributed by atoms with E-state index in [1.54, 1.807) is 13.3 Å². The monoisotopic (exact) mass is 420 g/mol. The van der Waals surface area contributed by atoms with Gasteiger partial charge in [-0.25, -0.2) is 0 Å². The summed E-state index contributed by atoms with van der Waals surface area (Å²) in [4.78, 5) is 0. The highest BCUT2D eigenvalue weighted by atomic mass is 79.9. The van der Waals surface area contributed by atoms with Crippen molar-refractivity contribution >= 4 is 34.4 Å². The second-order valence-corrected chi connectivity index (χ2v) is 6.64. The van der Waals surface area contributed by atoms with Crippen LogP contribution in [-0.2, 0) is 6.54 Å². The highest BCUT2D eigenvalue weighted by Crippen LogP contribution is 2.24. The number of methoxy groups -OCH3 is 1. The maximum atomic E-state index is 5.48. The van der Waals surface area contributed by atoms with Gasteiger partial charge in [0.15, 0.2) is 0 Å². The lowest BCUT2D eigenvalue weighted by Crippen LogP contribution is -2.06. The lowest BCUT2D eigenvalue weighted by molar-refractivity contribution is 0.407. The Balaban J connectivity index is 1.92. The van der Waals surface area contributed by atoms with E-state index in [4.69, 9.17) is 17.0 Å². The molecule has 0 fully saturated rings. The molecule has 0 atom stereocenters. The van der Waals surface area contributed by atoms with E-state index in [0.717, 1.165) is 32.7 Å². The molecule has 9 heteroatoms. The van der Waals surface area contributed by atoms with E-state index >= 15 is 0 Å². The van der Waals surface area contributed by atoms with Gasteiger partial charge in [0, 0.05) is 5.56 Å². The van der Waals surface area contributed by atoms with E-state index in [-0.39, 0.29) is 0 Å². The molecule has 7 nitrogen and oxygen atoms in total. The van der Waals surface area contributed by atoms with Crippen LogP contribution in [0.15, 0.2) is 34.1 Å². The minimum Gasteiger partial charge on any atom is -0.496 e. The van der Waals surface area contributed by atoms with Crippen LogP contribution in [0.25, 0.3) is 0 Å². The normalized spacial score (nSPS) is 11.4. The molecule has 1 aromatic carbocycles. The Bertz CT molecular complexity index is 987. The van der Waals surface area contributed by atoms with Crippen LogP contribution < -0.4 is 4.74 Å². The van der Waals surface area contributed by atoms with Crippen LogP contribution in [0.1, 0.15) is 22.5 Å². The third kappa shape index (κ3) is 3.72. The second kappa shape index (κ2) is 7.32. The summed E-state index contributed by atoms with van der Waals surface area (Å²) in [6.45, 7) is 4.61. The summed E-state index contributed by atoms with van der Waals surface area (Å²) in [6, 6.07) is 5.88. The molecule has 0 aliphatic rings. The number of hydrogen-bond acceptors (Lipinski definition) is 5. The maximum Gasteiger partial charge on any atom is 0.216 e. The fourth-order valence-corrected chi connectivity index (χ4v) is 2.88. The van der Waals surface area contributed by atoms with Crippen LogP contribution in [0, 0.1) is 18.6 Å². The van der Waals surface area contributed by atoms with Crippen LogP contribution in [0.2, 0.25) is 0 Å². The second-order valence-electron chi connectivity index (χ2n) is 5.46. The van der Waals surface area contributed by atoms with Gasteiger partial charge in [-0.3, -0.25) is 9.78 Å². The molecule has 3 aromatic rings. The average Bonchev–Trinajstić information content (AvgIpc) is 3.12. The van der Waals surface area contributed by atoms with Crippen molar-refractivity contribution in [1.82, 2.24) is 24.7 Å². The fourth-order valence-electron chi connectivity index (χ4n) is 2.45. The highest BCUT2D eigenvalue weighted by molar-refractivity contribution is 9.10. The number of aromatic amines is 1. The first kappa shape index (κ1) is 17.6. The molecule has 1 N–H and O–H groups in total. The molecule has 130 valence electrons. The average molecular weight is 421 g/mol. The van der Waals surface area contributed by atoms with E-state index in [1.165, 1.54) is 11.0 Å². The smallest absolute Gasteiger partial charge is 0.216 e. The van der Waals surface area contributed by atoms with Gasteiger partial charge in [-0.05, 0) is 65.8 Å². The zero-order valence-electron chi connectivity index (χ0n) is 14.0. The van der Waals surface area contributed by atoms with Crippen molar-refractivity contribution in [2.45, 2.75) is 20.4 Å². The van der Waals surface area contributed by atoms with Gasteiger partial charge in [0.25, 0.3) is 0 Å². The minimum absolute atomic E-state index is 0.442. The largest absolute Gasteiger partial charge is 0.496 e. The molecule has 0 spiro atoms. The predicted molar refractivity (Wildman–Crippen MR) is 102 cm³/mol. The zero-order chi connectivity index (χ0) is 18.0. The van der Waals surface area contributed by atoms with Crippen molar-refractivity contribution in [1.29, 1.82) is 0 Å². The van der Waals surface area contributed by atoms with E-state index in [2.05, 4.69) is 36.3 Å². The summed E-state index contributed by atoms with van der Waals surface area (Å²) in [5, 5.41) is 15.4. The first-order chi connectivity index (χ1) is 12.0. The van der Waals surface area contributed by atoms with Gasteiger partial charge >= 0.3 is 0 Å². The van der Waals surface area contributed by atoms with Crippen molar-refractivity contribution in [2.24, 2.45) is 5.10 Å². The van der Waals surface area contributed by atoms with Gasteiger partial charge < -0.3 is 4.74 Å². The van der Waals surface area contributed by atoms with Crippen LogP contribution >= 0.6 is 28.1 Å². The summed E-state index contributed by atoms with van der Waals surface area (Å²) in [5.74, 6) is 0.806. The molecule has 0 radical (unpaired) electrons. The van der Waals surface area contributed by atoms with Gasteiger partial charge in [-0.2, -0.15) is 20.0 Å². The van der Waals surface area contributed by atoms with Crippen LogP contribution in [0.3, 0.4) is 0 Å². The highest BCUT2D eigenvalue weighted by Gasteiger charge is 2.11. The number of benzene rings is 1. The number of halogens is 1. The van der Waals surface area contributed by atoms with Gasteiger partial charge in [0.2, 0.25) is 4.77 Å². The van der Waals surface area contributed by atoms with Crippen molar-refractivity contribution in [2.75, 3.05) is 7.11 Å². The molecule has 25 heavy (non-hydrogen) atoms. The first-order valence-corrected chi connectivity index (χ1v) is 8.72. The fraction of sp³-hybridized carbons (Fsp3) is 0.250. The van der Waals surface area contributed by atoms with E-state index in [1.807, 2.05) is 36.7 Å². The zero-order valence-corrected chi connectivity index (χ0v) is 16.4. The van der Waals surface area contributed by atoms with Crippen molar-refractivity contribution in [3.8, 4) is 5.75 Å². The molecule has 0 saturated carbocycles. The number of nitrogens with one attached hydrogen (secondary N) is 1. The Kier molecular flexibility index (Phi) is 5.14. The number of hydrogen-bond donors (Lipinski definition) is 1. The van der Waals surface area contributed by atoms with Gasteiger partial charge in [-0.15, -0.1) is 0 Å². The molecule has 0 unspecified atom stereocenters. The number of aryl methyl sites for hydroxylation is 1. The molecule has 0 amide bonds. The van der Waals surface area contributed by atoms with Crippen molar-refractivity contribution in [3.05, 3.63) is 56.3 Å². The third-order valence-electron chi connectivity index (χ3n) is 3.78. The van der Waals surface area contributed by atoms with Crippen LogP contribution in [-0.4, -0.2) is 38.0 Å². The SMILES string of the molecule is COc1ccc(/C=N/n2cn[nH]c2=S)cc1Cn1nc(C)c(Br)c1C. The predicted octanol–water partition coefficient (Wildman–Crippen LogP) is 3.46. The Labute approximate surface area is 158 Å². The van der Waals surface area contributed by atoms with Crippen molar-refractivity contribution < 1.29 is 4.74 Å². The molecule has 0 aliphatic carbocycles. The molecule has 0 aliphatic heterocycles. The number of aromatic nitrogens is 5. The van der Waals surface area contributed by atoms with Gasteiger partial charge in [0.05, 0.1) is 35.7 Å². The van der Waals surface area contributed by atoms with E-state index in [0.29, 0.717) is 11.3 Å². The number of ether oxygens (including phenoxy) is 1. The standard InChI is InChI=1S/C16H17BrN6OS/c1-10-15(17)11(2)22(21-10)8-13-6-12(4-5-14(13)24-3)7-19-23-9-18-20-16(23)25/h4-7,9H,8H2,1-3H3,(H,20,25)/b19-7+. The number of nitrogens with zero attached hydrogens (tertiary/aromatic N) is 5. The Morgan fingerprint density at radius 1 is 1.40 bits per heavy atom. The molecule has 3 rings (SSSR count). The summed E-state index contributed by atoms with van der Waals surface area (Å²) >= 11 is 8.64. The molecular weight excluding hydrogens is 404 g/mol. The van der Waals surface area contributed by atoms with Gasteiger partial charge in [-0.1, -0.05) is 0 Å². The molecule has 0 saturated heterocycles. The summed E-state index contributed by atoms with van der Waals surface area (Å²) in [5.41, 5.74) is 3.98. The molecule has 0 bridgehead atoms. The number of rotatable bonds is 5. The molecule has 2 aromatic heterocycles. The third-order valence-corrected chi connectivity index (χ3v) is 5.21. The lowest BCUT2D eigenvalue weighted by Gasteiger charge is -2.11. The van der Waals surface area contributed by atoms with Crippen molar-refractivity contribution in [3.63, 3.8) is 0 Å². The summed E-state index contributed by atoms with van der Waals surface area (Å²) in [7, 11) is 1.66. The Hall–Kier alpha value is -2.26. The number of H-pyrrole nitrogens is 1. The Morgan fingerprint density at radius 2 is 2.20 bits per heavy atom. The minimum atomic E-state index is 0.442.